The van der Waals surface area contributed by atoms with Crippen LogP contribution in [0.2, 0.25) is 0 Å². The van der Waals surface area contributed by atoms with Crippen molar-refractivity contribution in [2.45, 2.75) is 30.6 Å². The lowest BCUT2D eigenvalue weighted by Crippen LogP contribution is -2.21. The van der Waals surface area contributed by atoms with Crippen molar-refractivity contribution in [3.8, 4) is 0 Å². The molecule has 29 heavy (non-hydrogen) atoms. The predicted octanol–water partition coefficient (Wildman–Crippen LogP) is 3.80. The summed E-state index contributed by atoms with van der Waals surface area (Å²) in [7, 11) is -3.81. The molecule has 0 aliphatic heterocycles. The Morgan fingerprint density at radius 1 is 0.966 bits per heavy atom. The Bertz CT molecular complexity index is 1040. The number of anilines is 2. The zero-order valence-corrected chi connectivity index (χ0v) is 16.8. The van der Waals surface area contributed by atoms with E-state index in [1.165, 1.54) is 24.5 Å². The van der Waals surface area contributed by atoms with Crippen LogP contribution in [0.4, 0.5) is 11.6 Å². The zero-order chi connectivity index (χ0) is 20.7. The van der Waals surface area contributed by atoms with Crippen molar-refractivity contribution in [3.05, 3.63) is 78.6 Å². The van der Waals surface area contributed by atoms with Crippen LogP contribution in [0.25, 0.3) is 0 Å². The molecule has 8 heteroatoms. The van der Waals surface area contributed by atoms with Crippen molar-refractivity contribution >= 4 is 27.6 Å². The molecule has 1 aromatic heterocycles. The molecule has 150 valence electrons. The number of rotatable bonds is 8. The molecule has 0 radical (unpaired) electrons. The van der Waals surface area contributed by atoms with Crippen molar-refractivity contribution in [2.24, 2.45) is 0 Å². The number of aromatic nitrogens is 2. The number of nitrogens with one attached hydrogen (secondary N) is 2. The molecule has 0 fully saturated rings. The van der Waals surface area contributed by atoms with Crippen LogP contribution in [0.1, 0.15) is 31.2 Å². The fourth-order valence-corrected chi connectivity index (χ4v) is 3.86. The molecule has 1 heterocycles. The lowest BCUT2D eigenvalue weighted by molar-refractivity contribution is -0.117. The molecule has 0 saturated carbocycles. The molecule has 1 atom stereocenters. The van der Waals surface area contributed by atoms with Crippen LogP contribution in [0.5, 0.6) is 0 Å². The van der Waals surface area contributed by atoms with E-state index >= 15 is 0 Å². The standard InChI is InChI=1S/C21H22N4O3S/c1-2-7-19(16-8-4-3-5-9-16)20(26)24-17-10-12-18(13-11-17)29(27,28)25-21-22-14-6-15-23-21/h3-6,8-15,19H,2,7H2,1H3,(H,24,26)(H,22,23,25)/t19-/m1/s1. The van der Waals surface area contributed by atoms with Crippen molar-refractivity contribution < 1.29 is 13.2 Å². The smallest absolute Gasteiger partial charge is 0.264 e. The van der Waals surface area contributed by atoms with Gasteiger partial charge in [0.1, 0.15) is 0 Å². The average molecular weight is 410 g/mol. The van der Waals surface area contributed by atoms with Crippen molar-refractivity contribution in [1.29, 1.82) is 0 Å². The summed E-state index contributed by atoms with van der Waals surface area (Å²) < 4.78 is 27.2. The highest BCUT2D eigenvalue weighted by atomic mass is 32.2. The predicted molar refractivity (Wildman–Crippen MR) is 112 cm³/mol. The van der Waals surface area contributed by atoms with Gasteiger partial charge in [-0.3, -0.25) is 4.79 Å². The lowest BCUT2D eigenvalue weighted by atomic mass is 9.93. The maximum atomic E-state index is 12.8. The van der Waals surface area contributed by atoms with Gasteiger partial charge in [-0.25, -0.2) is 23.1 Å². The Kier molecular flexibility index (Phi) is 6.56. The van der Waals surface area contributed by atoms with Crippen LogP contribution in [0.15, 0.2) is 78.0 Å². The Balaban J connectivity index is 1.72. The van der Waals surface area contributed by atoms with Gasteiger partial charge in [0, 0.05) is 18.1 Å². The van der Waals surface area contributed by atoms with Crippen LogP contribution in [-0.2, 0) is 14.8 Å². The second-order valence-corrected chi connectivity index (χ2v) is 8.13. The fourth-order valence-electron chi connectivity index (χ4n) is 2.90. The Morgan fingerprint density at radius 3 is 2.24 bits per heavy atom. The van der Waals surface area contributed by atoms with E-state index in [9.17, 15) is 13.2 Å². The van der Waals surface area contributed by atoms with Gasteiger partial charge < -0.3 is 5.32 Å². The molecule has 1 amide bonds. The molecule has 0 unspecified atom stereocenters. The molecule has 3 aromatic rings. The first-order valence-electron chi connectivity index (χ1n) is 9.25. The third kappa shape index (κ3) is 5.39. The van der Waals surface area contributed by atoms with E-state index in [4.69, 9.17) is 0 Å². The van der Waals surface area contributed by atoms with Gasteiger partial charge in [0.05, 0.1) is 10.8 Å². The SMILES string of the molecule is CCC[C@@H](C(=O)Nc1ccc(S(=O)(=O)Nc2ncccn2)cc1)c1ccccc1. The highest BCUT2D eigenvalue weighted by molar-refractivity contribution is 7.92. The Labute approximate surface area is 170 Å². The largest absolute Gasteiger partial charge is 0.326 e. The van der Waals surface area contributed by atoms with E-state index < -0.39 is 10.0 Å². The molecule has 2 N–H and O–H groups in total. The quantitative estimate of drug-likeness (QED) is 0.588. The minimum atomic E-state index is -3.81. The lowest BCUT2D eigenvalue weighted by Gasteiger charge is -2.17. The molecule has 0 saturated heterocycles. The van der Waals surface area contributed by atoms with Gasteiger partial charge in [-0.1, -0.05) is 43.7 Å². The second kappa shape index (κ2) is 9.29. The maximum absolute atomic E-state index is 12.8. The number of carbonyl (C=O) groups is 1. The van der Waals surface area contributed by atoms with Crippen LogP contribution < -0.4 is 10.0 Å². The fraction of sp³-hybridized carbons (Fsp3) is 0.190. The van der Waals surface area contributed by atoms with Crippen molar-refractivity contribution in [2.75, 3.05) is 10.0 Å². The highest BCUT2D eigenvalue weighted by Gasteiger charge is 2.20. The Morgan fingerprint density at radius 2 is 1.62 bits per heavy atom. The van der Waals surface area contributed by atoms with Gasteiger partial charge >= 0.3 is 0 Å². The zero-order valence-electron chi connectivity index (χ0n) is 15.9. The van der Waals surface area contributed by atoms with E-state index in [2.05, 4.69) is 20.0 Å². The molecule has 3 rings (SSSR count). The van der Waals surface area contributed by atoms with Crippen LogP contribution in [-0.4, -0.2) is 24.3 Å². The number of benzene rings is 2. The first-order valence-corrected chi connectivity index (χ1v) is 10.7. The van der Waals surface area contributed by atoms with E-state index in [1.54, 1.807) is 18.2 Å². The summed E-state index contributed by atoms with van der Waals surface area (Å²) in [6.45, 7) is 2.03. The van der Waals surface area contributed by atoms with E-state index in [1.807, 2.05) is 37.3 Å². The first kappa shape index (κ1) is 20.5. The van der Waals surface area contributed by atoms with Crippen LogP contribution in [0, 0.1) is 0 Å². The van der Waals surface area contributed by atoms with Crippen LogP contribution in [0.3, 0.4) is 0 Å². The topological polar surface area (TPSA) is 101 Å². The molecular formula is C21H22N4O3S. The molecule has 0 aliphatic rings. The van der Waals surface area contributed by atoms with Crippen molar-refractivity contribution in [1.82, 2.24) is 9.97 Å². The summed E-state index contributed by atoms with van der Waals surface area (Å²) in [5.41, 5.74) is 1.49. The van der Waals surface area contributed by atoms with E-state index in [0.29, 0.717) is 5.69 Å². The molecule has 7 nitrogen and oxygen atoms in total. The number of nitrogens with zero attached hydrogens (tertiary/aromatic N) is 2. The molecule has 0 bridgehead atoms. The summed E-state index contributed by atoms with van der Waals surface area (Å²) in [6.07, 6.45) is 4.49. The monoisotopic (exact) mass is 410 g/mol. The molecule has 2 aromatic carbocycles. The van der Waals surface area contributed by atoms with E-state index in [0.717, 1.165) is 18.4 Å². The number of amides is 1. The number of hydrogen-bond donors (Lipinski definition) is 2. The molecule has 0 aliphatic carbocycles. The summed E-state index contributed by atoms with van der Waals surface area (Å²) >= 11 is 0. The highest BCUT2D eigenvalue weighted by Crippen LogP contribution is 2.24. The van der Waals surface area contributed by atoms with Gasteiger partial charge in [0.2, 0.25) is 11.9 Å². The summed E-state index contributed by atoms with van der Waals surface area (Å²) in [6, 6.07) is 17.2. The van der Waals surface area contributed by atoms with Gasteiger partial charge in [-0.05, 0) is 42.3 Å². The Hall–Kier alpha value is -3.26. The van der Waals surface area contributed by atoms with Crippen molar-refractivity contribution in [3.63, 3.8) is 0 Å². The second-order valence-electron chi connectivity index (χ2n) is 6.44. The van der Waals surface area contributed by atoms with Gasteiger partial charge in [0.25, 0.3) is 10.0 Å². The number of carbonyl (C=O) groups excluding carboxylic acids is 1. The normalized spacial score (nSPS) is 12.2. The third-order valence-corrected chi connectivity index (χ3v) is 5.66. The molecular weight excluding hydrogens is 388 g/mol. The number of hydrogen-bond acceptors (Lipinski definition) is 5. The van der Waals surface area contributed by atoms with Gasteiger partial charge in [0.15, 0.2) is 0 Å². The van der Waals surface area contributed by atoms with Gasteiger partial charge in [-0.2, -0.15) is 0 Å². The third-order valence-electron chi connectivity index (χ3n) is 4.32. The first-order chi connectivity index (χ1) is 14.0. The summed E-state index contributed by atoms with van der Waals surface area (Å²) in [5.74, 6) is -0.388. The summed E-state index contributed by atoms with van der Waals surface area (Å²) in [4.78, 5) is 20.5. The minimum absolute atomic E-state index is 0.00449. The van der Waals surface area contributed by atoms with Crippen LogP contribution >= 0.6 is 0 Å². The number of sulfonamides is 1. The van der Waals surface area contributed by atoms with E-state index in [-0.39, 0.29) is 22.7 Å². The molecule has 0 spiro atoms. The summed E-state index contributed by atoms with van der Waals surface area (Å²) in [5, 5.41) is 2.87. The average Bonchev–Trinajstić information content (AvgIpc) is 2.73. The maximum Gasteiger partial charge on any atom is 0.264 e. The minimum Gasteiger partial charge on any atom is -0.326 e. The van der Waals surface area contributed by atoms with Gasteiger partial charge in [-0.15, -0.1) is 0 Å².